The molecule has 1 amide bonds. The number of ether oxygens (including phenoxy) is 2. The summed E-state index contributed by atoms with van der Waals surface area (Å²) in [5, 5.41) is 2.81. The van der Waals surface area contributed by atoms with E-state index in [2.05, 4.69) is 5.32 Å². The summed E-state index contributed by atoms with van der Waals surface area (Å²) in [5.41, 5.74) is 2.99. The van der Waals surface area contributed by atoms with Crippen molar-refractivity contribution in [3.63, 3.8) is 0 Å². The van der Waals surface area contributed by atoms with E-state index in [1.807, 2.05) is 32.0 Å². The third kappa shape index (κ3) is 2.58. The van der Waals surface area contributed by atoms with Crippen molar-refractivity contribution >= 4 is 11.6 Å². The van der Waals surface area contributed by atoms with Crippen LogP contribution in [0.5, 0.6) is 0 Å². The molecule has 0 aliphatic carbocycles. The molecule has 1 heterocycles. The number of rotatable bonds is 2. The Kier molecular flexibility index (Phi) is 3.32. The Balaban J connectivity index is 2.13. The van der Waals surface area contributed by atoms with Gasteiger partial charge in [-0.2, -0.15) is 0 Å². The van der Waals surface area contributed by atoms with Crippen LogP contribution in [0.4, 0.5) is 5.69 Å². The summed E-state index contributed by atoms with van der Waals surface area (Å²) >= 11 is 0. The minimum atomic E-state index is -0.279. The van der Waals surface area contributed by atoms with Gasteiger partial charge in [-0.05, 0) is 31.0 Å². The molecule has 90 valence electrons. The van der Waals surface area contributed by atoms with Crippen molar-refractivity contribution in [2.45, 2.75) is 13.8 Å². The molecule has 2 rings (SSSR count). The average Bonchev–Trinajstić information content (AvgIpc) is 2.36. The third-order valence-electron chi connectivity index (χ3n) is 2.73. The van der Waals surface area contributed by atoms with Gasteiger partial charge < -0.3 is 14.8 Å². The maximum atomic E-state index is 11.8. The molecule has 1 aliphatic heterocycles. The molecule has 17 heavy (non-hydrogen) atoms. The molecule has 0 saturated heterocycles. The van der Waals surface area contributed by atoms with Gasteiger partial charge in [0.15, 0.2) is 0 Å². The first-order valence-corrected chi connectivity index (χ1v) is 5.50. The molecular formula is C13H15NO3. The summed E-state index contributed by atoms with van der Waals surface area (Å²) in [5.74, 6) is -0.0597. The van der Waals surface area contributed by atoms with Crippen molar-refractivity contribution in [1.29, 1.82) is 0 Å². The van der Waals surface area contributed by atoms with Crippen LogP contribution in [0.1, 0.15) is 11.1 Å². The predicted octanol–water partition coefficient (Wildman–Crippen LogP) is 2.13. The van der Waals surface area contributed by atoms with E-state index in [0.717, 1.165) is 16.8 Å². The van der Waals surface area contributed by atoms with Gasteiger partial charge in [0, 0.05) is 5.69 Å². The lowest BCUT2D eigenvalue weighted by Crippen LogP contribution is -2.21. The fourth-order valence-corrected chi connectivity index (χ4v) is 1.56. The van der Waals surface area contributed by atoms with Gasteiger partial charge in [-0.15, -0.1) is 0 Å². The Bertz CT molecular complexity index is 466. The number of benzene rings is 1. The second-order valence-electron chi connectivity index (χ2n) is 3.90. The standard InChI is InChI=1S/C13H15NO3/c1-9-4-3-5-11(10(9)2)14-13(15)12-8-16-6-7-17-12/h3-5,8H,6-7H2,1-2H3,(H,14,15). The van der Waals surface area contributed by atoms with Gasteiger partial charge in [-0.1, -0.05) is 12.1 Å². The lowest BCUT2D eigenvalue weighted by atomic mass is 10.1. The highest BCUT2D eigenvalue weighted by Crippen LogP contribution is 2.19. The largest absolute Gasteiger partial charge is 0.494 e. The fraction of sp³-hybridized carbons (Fsp3) is 0.308. The number of carbonyl (C=O) groups is 1. The number of hydrogen-bond acceptors (Lipinski definition) is 3. The van der Waals surface area contributed by atoms with E-state index in [9.17, 15) is 4.79 Å². The first kappa shape index (κ1) is 11.5. The Morgan fingerprint density at radius 2 is 2.12 bits per heavy atom. The highest BCUT2D eigenvalue weighted by atomic mass is 16.6. The minimum absolute atomic E-state index is 0.220. The zero-order valence-electron chi connectivity index (χ0n) is 9.95. The zero-order chi connectivity index (χ0) is 12.3. The lowest BCUT2D eigenvalue weighted by Gasteiger charge is -2.16. The lowest BCUT2D eigenvalue weighted by molar-refractivity contribution is -0.117. The van der Waals surface area contributed by atoms with Gasteiger partial charge in [-0.25, -0.2) is 0 Å². The summed E-state index contributed by atoms with van der Waals surface area (Å²) in [6.07, 6.45) is 1.35. The van der Waals surface area contributed by atoms with Gasteiger partial charge in [0.05, 0.1) is 0 Å². The van der Waals surface area contributed by atoms with Crippen LogP contribution in [0.25, 0.3) is 0 Å². The van der Waals surface area contributed by atoms with Gasteiger partial charge >= 0.3 is 0 Å². The van der Waals surface area contributed by atoms with Crippen molar-refractivity contribution in [3.05, 3.63) is 41.3 Å². The first-order chi connectivity index (χ1) is 8.18. The molecule has 0 radical (unpaired) electrons. The predicted molar refractivity (Wildman–Crippen MR) is 64.5 cm³/mol. The van der Waals surface area contributed by atoms with Crippen LogP contribution >= 0.6 is 0 Å². The molecule has 4 heteroatoms. The topological polar surface area (TPSA) is 47.6 Å². The number of hydrogen-bond donors (Lipinski definition) is 1. The van der Waals surface area contributed by atoms with Crippen LogP contribution in [-0.2, 0) is 14.3 Å². The summed E-state index contributed by atoms with van der Waals surface area (Å²) in [6.45, 7) is 4.87. The maximum Gasteiger partial charge on any atom is 0.294 e. The monoisotopic (exact) mass is 233 g/mol. The van der Waals surface area contributed by atoms with Crippen molar-refractivity contribution in [1.82, 2.24) is 0 Å². The number of amides is 1. The molecule has 0 fully saturated rings. The van der Waals surface area contributed by atoms with Gasteiger partial charge in [0.2, 0.25) is 5.76 Å². The molecule has 1 aromatic carbocycles. The number of carbonyl (C=O) groups excluding carboxylic acids is 1. The number of aryl methyl sites for hydroxylation is 1. The zero-order valence-corrected chi connectivity index (χ0v) is 9.95. The van der Waals surface area contributed by atoms with Crippen LogP contribution < -0.4 is 5.32 Å². The van der Waals surface area contributed by atoms with E-state index in [0.29, 0.717) is 13.2 Å². The molecule has 4 nitrogen and oxygen atoms in total. The molecule has 0 spiro atoms. The maximum absolute atomic E-state index is 11.8. The molecule has 0 saturated carbocycles. The Hall–Kier alpha value is -1.97. The van der Waals surface area contributed by atoms with E-state index in [1.54, 1.807) is 0 Å². The van der Waals surface area contributed by atoms with Crippen LogP contribution in [0, 0.1) is 13.8 Å². The molecule has 1 aromatic rings. The summed E-state index contributed by atoms with van der Waals surface area (Å²) in [7, 11) is 0. The first-order valence-electron chi connectivity index (χ1n) is 5.50. The average molecular weight is 233 g/mol. The molecule has 0 unspecified atom stereocenters. The second kappa shape index (κ2) is 4.91. The summed E-state index contributed by atoms with van der Waals surface area (Å²) in [4.78, 5) is 11.8. The number of anilines is 1. The third-order valence-corrected chi connectivity index (χ3v) is 2.73. The van der Waals surface area contributed by atoms with Gasteiger partial charge in [-0.3, -0.25) is 4.79 Å². The Morgan fingerprint density at radius 3 is 2.82 bits per heavy atom. The van der Waals surface area contributed by atoms with Gasteiger partial charge in [0.25, 0.3) is 5.91 Å². The molecule has 0 aromatic heterocycles. The normalized spacial score (nSPS) is 14.4. The van der Waals surface area contributed by atoms with E-state index in [4.69, 9.17) is 9.47 Å². The van der Waals surface area contributed by atoms with Crippen molar-refractivity contribution < 1.29 is 14.3 Å². The molecular weight excluding hydrogens is 218 g/mol. The molecule has 0 bridgehead atoms. The van der Waals surface area contributed by atoms with Crippen LogP contribution in [-0.4, -0.2) is 19.1 Å². The van der Waals surface area contributed by atoms with E-state index >= 15 is 0 Å². The minimum Gasteiger partial charge on any atom is -0.494 e. The second-order valence-corrected chi connectivity index (χ2v) is 3.90. The van der Waals surface area contributed by atoms with Crippen molar-refractivity contribution in [3.8, 4) is 0 Å². The molecule has 1 N–H and O–H groups in total. The van der Waals surface area contributed by atoms with Gasteiger partial charge in [0.1, 0.15) is 19.5 Å². The fourth-order valence-electron chi connectivity index (χ4n) is 1.56. The van der Waals surface area contributed by atoms with Crippen LogP contribution in [0.15, 0.2) is 30.2 Å². The summed E-state index contributed by atoms with van der Waals surface area (Å²) in [6, 6.07) is 5.78. The molecule has 1 aliphatic rings. The van der Waals surface area contributed by atoms with Crippen molar-refractivity contribution in [2.24, 2.45) is 0 Å². The highest BCUT2D eigenvalue weighted by Gasteiger charge is 2.15. The van der Waals surface area contributed by atoms with E-state index in [1.165, 1.54) is 6.26 Å². The molecule has 0 atom stereocenters. The van der Waals surface area contributed by atoms with Crippen LogP contribution in [0.2, 0.25) is 0 Å². The van der Waals surface area contributed by atoms with E-state index < -0.39 is 0 Å². The Labute approximate surface area is 100 Å². The number of nitrogens with one attached hydrogen (secondary N) is 1. The SMILES string of the molecule is Cc1cccc(NC(=O)C2=COCCO2)c1C. The van der Waals surface area contributed by atoms with E-state index in [-0.39, 0.29) is 11.7 Å². The van der Waals surface area contributed by atoms with Crippen LogP contribution in [0.3, 0.4) is 0 Å². The smallest absolute Gasteiger partial charge is 0.294 e. The quantitative estimate of drug-likeness (QED) is 0.851. The van der Waals surface area contributed by atoms with Crippen molar-refractivity contribution in [2.75, 3.05) is 18.5 Å². The highest BCUT2D eigenvalue weighted by molar-refractivity contribution is 6.02. The summed E-state index contributed by atoms with van der Waals surface area (Å²) < 4.78 is 10.3. The Morgan fingerprint density at radius 1 is 1.29 bits per heavy atom.